The van der Waals surface area contributed by atoms with Crippen LogP contribution in [-0.2, 0) is 16.0 Å². The lowest BCUT2D eigenvalue weighted by atomic mass is 10.1. The zero-order valence-electron chi connectivity index (χ0n) is 11.4. The maximum atomic E-state index is 11.6. The summed E-state index contributed by atoms with van der Waals surface area (Å²) in [6, 6.07) is 6.09. The van der Waals surface area contributed by atoms with Crippen LogP contribution in [0.5, 0.6) is 0 Å². The van der Waals surface area contributed by atoms with E-state index >= 15 is 0 Å². The minimum Gasteiger partial charge on any atom is -0.383 e. The van der Waals surface area contributed by atoms with Crippen molar-refractivity contribution in [1.82, 2.24) is 10.6 Å². The van der Waals surface area contributed by atoms with Crippen molar-refractivity contribution in [2.24, 2.45) is 0 Å². The summed E-state index contributed by atoms with van der Waals surface area (Å²) in [6.07, 6.45) is 0.139. The Kier molecular flexibility index (Phi) is 7.23. The smallest absolute Gasteiger partial charge is 0.269 e. The molecule has 0 aliphatic rings. The van der Waals surface area contributed by atoms with E-state index in [2.05, 4.69) is 10.6 Å². The van der Waals surface area contributed by atoms with Gasteiger partial charge in [0, 0.05) is 38.9 Å². The predicted octanol–water partition coefficient (Wildman–Crippen LogP) is 0.490. The number of rotatable bonds is 9. The molecule has 20 heavy (non-hydrogen) atoms. The molecule has 2 N–H and O–H groups in total. The Morgan fingerprint density at radius 2 is 2.15 bits per heavy atom. The zero-order chi connectivity index (χ0) is 14.8. The lowest BCUT2D eigenvalue weighted by Crippen LogP contribution is -2.33. The third-order valence-corrected chi connectivity index (χ3v) is 2.59. The van der Waals surface area contributed by atoms with E-state index in [4.69, 9.17) is 4.74 Å². The monoisotopic (exact) mass is 281 g/mol. The molecule has 1 aromatic rings. The van der Waals surface area contributed by atoms with Crippen LogP contribution in [0, 0.1) is 10.1 Å². The average molecular weight is 281 g/mol. The highest BCUT2D eigenvalue weighted by molar-refractivity contribution is 5.78. The SMILES string of the molecule is COCCNCCNC(=O)Cc1cccc([N+](=O)[O-])c1. The second-order valence-corrected chi connectivity index (χ2v) is 4.20. The molecule has 0 bridgehead atoms. The minimum atomic E-state index is -0.471. The number of methoxy groups -OCH3 is 1. The molecule has 0 saturated carbocycles. The number of carbonyl (C=O) groups is 1. The van der Waals surface area contributed by atoms with Gasteiger partial charge in [-0.2, -0.15) is 0 Å². The fourth-order valence-electron chi connectivity index (χ4n) is 1.62. The molecule has 0 unspecified atom stereocenters. The van der Waals surface area contributed by atoms with E-state index in [0.29, 0.717) is 25.3 Å². The molecule has 0 fully saturated rings. The van der Waals surface area contributed by atoms with Gasteiger partial charge in [0.25, 0.3) is 5.69 Å². The summed E-state index contributed by atoms with van der Waals surface area (Å²) in [6.45, 7) is 2.53. The Hall–Kier alpha value is -1.99. The van der Waals surface area contributed by atoms with Crippen LogP contribution in [-0.4, -0.2) is 44.2 Å². The maximum absolute atomic E-state index is 11.6. The van der Waals surface area contributed by atoms with Crippen LogP contribution in [0.4, 0.5) is 5.69 Å². The standard InChI is InChI=1S/C13H19N3O4/c1-20-8-7-14-5-6-15-13(17)10-11-3-2-4-12(9-11)16(18)19/h2-4,9,14H,5-8,10H2,1H3,(H,15,17). The van der Waals surface area contributed by atoms with Crippen molar-refractivity contribution >= 4 is 11.6 Å². The summed E-state index contributed by atoms with van der Waals surface area (Å²) in [7, 11) is 1.63. The molecule has 7 heteroatoms. The summed E-state index contributed by atoms with van der Waals surface area (Å²) in [5.74, 6) is -0.154. The van der Waals surface area contributed by atoms with Gasteiger partial charge in [0.1, 0.15) is 0 Å². The predicted molar refractivity (Wildman–Crippen MR) is 74.6 cm³/mol. The molecule has 0 aliphatic heterocycles. The van der Waals surface area contributed by atoms with Gasteiger partial charge in [-0.15, -0.1) is 0 Å². The van der Waals surface area contributed by atoms with E-state index in [1.807, 2.05) is 0 Å². The minimum absolute atomic E-state index is 0.00321. The molecule has 0 aromatic heterocycles. The molecule has 0 radical (unpaired) electrons. The molecular formula is C13H19N3O4. The normalized spacial score (nSPS) is 10.2. The number of non-ortho nitro benzene ring substituents is 1. The third kappa shape index (κ3) is 6.26. The van der Waals surface area contributed by atoms with Crippen molar-refractivity contribution in [2.75, 3.05) is 33.4 Å². The Morgan fingerprint density at radius 1 is 1.35 bits per heavy atom. The van der Waals surface area contributed by atoms with Crippen LogP contribution in [0.1, 0.15) is 5.56 Å². The van der Waals surface area contributed by atoms with Crippen molar-refractivity contribution < 1.29 is 14.5 Å². The summed E-state index contributed by atoms with van der Waals surface area (Å²) < 4.78 is 4.87. The van der Waals surface area contributed by atoms with Crippen molar-refractivity contribution in [3.8, 4) is 0 Å². The third-order valence-electron chi connectivity index (χ3n) is 2.59. The molecule has 7 nitrogen and oxygen atoms in total. The highest BCUT2D eigenvalue weighted by Crippen LogP contribution is 2.13. The van der Waals surface area contributed by atoms with Gasteiger partial charge in [-0.25, -0.2) is 0 Å². The first kappa shape index (κ1) is 16.1. The molecule has 0 atom stereocenters. The topological polar surface area (TPSA) is 93.5 Å². The van der Waals surface area contributed by atoms with Gasteiger partial charge in [0.2, 0.25) is 5.91 Å². The number of nitrogens with zero attached hydrogens (tertiary/aromatic N) is 1. The van der Waals surface area contributed by atoms with Crippen molar-refractivity contribution in [1.29, 1.82) is 0 Å². The van der Waals surface area contributed by atoms with Crippen molar-refractivity contribution in [3.05, 3.63) is 39.9 Å². The van der Waals surface area contributed by atoms with Gasteiger partial charge in [-0.1, -0.05) is 12.1 Å². The Balaban J connectivity index is 2.28. The van der Waals surface area contributed by atoms with Gasteiger partial charge in [-0.05, 0) is 5.56 Å². The summed E-state index contributed by atoms with van der Waals surface area (Å²) in [4.78, 5) is 21.8. The highest BCUT2D eigenvalue weighted by Gasteiger charge is 2.08. The van der Waals surface area contributed by atoms with E-state index in [0.717, 1.165) is 6.54 Å². The van der Waals surface area contributed by atoms with Crippen LogP contribution >= 0.6 is 0 Å². The van der Waals surface area contributed by atoms with E-state index in [-0.39, 0.29) is 18.0 Å². The number of carbonyl (C=O) groups excluding carboxylic acids is 1. The first-order chi connectivity index (χ1) is 9.63. The van der Waals surface area contributed by atoms with Crippen LogP contribution in [0.15, 0.2) is 24.3 Å². The van der Waals surface area contributed by atoms with Crippen molar-refractivity contribution in [3.63, 3.8) is 0 Å². The second-order valence-electron chi connectivity index (χ2n) is 4.20. The van der Waals surface area contributed by atoms with Gasteiger partial charge in [0.05, 0.1) is 18.0 Å². The number of benzene rings is 1. The highest BCUT2D eigenvalue weighted by atomic mass is 16.6. The average Bonchev–Trinajstić information content (AvgIpc) is 2.43. The van der Waals surface area contributed by atoms with Gasteiger partial charge >= 0.3 is 0 Å². The number of nitro groups is 1. The van der Waals surface area contributed by atoms with E-state index in [1.165, 1.54) is 12.1 Å². The molecule has 1 rings (SSSR count). The Morgan fingerprint density at radius 3 is 2.85 bits per heavy atom. The first-order valence-corrected chi connectivity index (χ1v) is 6.33. The molecule has 0 spiro atoms. The number of amides is 1. The lowest BCUT2D eigenvalue weighted by molar-refractivity contribution is -0.384. The van der Waals surface area contributed by atoms with Gasteiger partial charge < -0.3 is 15.4 Å². The molecule has 110 valence electrons. The van der Waals surface area contributed by atoms with Crippen LogP contribution in [0.2, 0.25) is 0 Å². The number of nitrogens with one attached hydrogen (secondary N) is 2. The molecule has 0 heterocycles. The molecule has 0 aliphatic carbocycles. The van der Waals surface area contributed by atoms with Gasteiger partial charge in [-0.3, -0.25) is 14.9 Å². The number of nitro benzene ring substituents is 1. The fourth-order valence-corrected chi connectivity index (χ4v) is 1.62. The summed E-state index contributed by atoms with van der Waals surface area (Å²) in [5, 5.41) is 16.5. The van der Waals surface area contributed by atoms with E-state index in [1.54, 1.807) is 19.2 Å². The Bertz CT molecular complexity index is 451. The van der Waals surface area contributed by atoms with Crippen LogP contribution < -0.4 is 10.6 Å². The van der Waals surface area contributed by atoms with Crippen LogP contribution in [0.25, 0.3) is 0 Å². The molecule has 1 amide bonds. The van der Waals surface area contributed by atoms with E-state index in [9.17, 15) is 14.9 Å². The van der Waals surface area contributed by atoms with Gasteiger partial charge in [0.15, 0.2) is 0 Å². The number of hydrogen-bond donors (Lipinski definition) is 2. The largest absolute Gasteiger partial charge is 0.383 e. The maximum Gasteiger partial charge on any atom is 0.269 e. The Labute approximate surface area is 117 Å². The molecule has 1 aromatic carbocycles. The molecular weight excluding hydrogens is 262 g/mol. The second kappa shape index (κ2) is 9.00. The van der Waals surface area contributed by atoms with Crippen molar-refractivity contribution in [2.45, 2.75) is 6.42 Å². The molecule has 0 saturated heterocycles. The number of hydrogen-bond acceptors (Lipinski definition) is 5. The number of ether oxygens (including phenoxy) is 1. The summed E-state index contributed by atoms with van der Waals surface area (Å²) in [5.41, 5.74) is 0.626. The summed E-state index contributed by atoms with van der Waals surface area (Å²) >= 11 is 0. The van der Waals surface area contributed by atoms with Crippen LogP contribution in [0.3, 0.4) is 0 Å². The first-order valence-electron chi connectivity index (χ1n) is 6.33. The fraction of sp³-hybridized carbons (Fsp3) is 0.462. The quantitative estimate of drug-likeness (QED) is 0.390. The lowest BCUT2D eigenvalue weighted by Gasteiger charge is -2.06. The zero-order valence-corrected chi connectivity index (χ0v) is 11.4. The van der Waals surface area contributed by atoms with E-state index < -0.39 is 4.92 Å².